The fourth-order valence-electron chi connectivity index (χ4n) is 2.65. The highest BCUT2D eigenvalue weighted by molar-refractivity contribution is 6.34. The van der Waals surface area contributed by atoms with Gasteiger partial charge in [-0.25, -0.2) is 0 Å². The Labute approximate surface area is 157 Å². The van der Waals surface area contributed by atoms with Gasteiger partial charge >= 0.3 is 0 Å². The zero-order valence-electron chi connectivity index (χ0n) is 14.9. The van der Waals surface area contributed by atoms with Crippen molar-refractivity contribution in [3.05, 3.63) is 51.5 Å². The minimum Gasteiger partial charge on any atom is -0.497 e. The molecule has 0 aromatic heterocycles. The number of aliphatic hydroxyl groups is 2. The second kappa shape index (κ2) is 8.89. The first kappa shape index (κ1) is 20.0. The number of ether oxygens (including phenoxy) is 2. The van der Waals surface area contributed by atoms with Crippen LogP contribution in [0.5, 0.6) is 11.5 Å². The van der Waals surface area contributed by atoms with E-state index < -0.39 is 5.91 Å². The van der Waals surface area contributed by atoms with Crippen LogP contribution in [-0.4, -0.2) is 29.8 Å². The summed E-state index contributed by atoms with van der Waals surface area (Å²) in [5.41, 5.74) is 3.22. The fourth-order valence-corrected chi connectivity index (χ4v) is 3.02. The number of hydrogen-bond acceptors (Lipinski definition) is 5. The van der Waals surface area contributed by atoms with Crippen molar-refractivity contribution in [2.75, 3.05) is 19.0 Å². The summed E-state index contributed by atoms with van der Waals surface area (Å²) in [5.74, 6) is 0.345. The normalized spacial score (nSPS) is 10.5. The van der Waals surface area contributed by atoms with Gasteiger partial charge in [-0.1, -0.05) is 17.7 Å². The number of aliphatic hydroxyl groups excluding tert-OH is 2. The van der Waals surface area contributed by atoms with Gasteiger partial charge in [0.15, 0.2) is 6.61 Å². The van der Waals surface area contributed by atoms with E-state index in [1.165, 1.54) is 7.11 Å². The lowest BCUT2D eigenvalue weighted by Crippen LogP contribution is -2.22. The highest BCUT2D eigenvalue weighted by Crippen LogP contribution is 2.30. The molecular formula is C19H22ClNO5. The molecule has 0 saturated carbocycles. The monoisotopic (exact) mass is 379 g/mol. The number of anilines is 1. The maximum Gasteiger partial charge on any atom is 0.262 e. The van der Waals surface area contributed by atoms with Gasteiger partial charge in [-0.15, -0.1) is 0 Å². The molecule has 2 aromatic carbocycles. The lowest BCUT2D eigenvalue weighted by molar-refractivity contribution is -0.118. The summed E-state index contributed by atoms with van der Waals surface area (Å²) in [5, 5.41) is 22.2. The van der Waals surface area contributed by atoms with Crippen LogP contribution in [0.25, 0.3) is 0 Å². The molecule has 3 N–H and O–H groups in total. The van der Waals surface area contributed by atoms with E-state index in [4.69, 9.17) is 21.1 Å². The fraction of sp³-hybridized carbons (Fsp3) is 0.316. The van der Waals surface area contributed by atoms with Gasteiger partial charge in [-0.05, 0) is 43.2 Å². The molecule has 0 saturated heterocycles. The van der Waals surface area contributed by atoms with E-state index in [0.29, 0.717) is 27.6 Å². The van der Waals surface area contributed by atoms with E-state index in [2.05, 4.69) is 5.32 Å². The van der Waals surface area contributed by atoms with Crippen molar-refractivity contribution in [3.63, 3.8) is 0 Å². The minimum absolute atomic E-state index is 0.262. The Morgan fingerprint density at radius 2 is 1.73 bits per heavy atom. The molecule has 1 amide bonds. The standard InChI is InChI=1S/C19H22ClNO5/c1-11-4-12(2)18(16(20)5-11)21-17(24)10-26-19-13(8-22)6-15(25-3)7-14(19)9-23/h4-7,22-23H,8-10H2,1-3H3,(H,21,24). The summed E-state index contributed by atoms with van der Waals surface area (Å²) < 4.78 is 10.7. The maximum atomic E-state index is 12.3. The molecule has 0 bridgehead atoms. The zero-order chi connectivity index (χ0) is 19.3. The van der Waals surface area contributed by atoms with Gasteiger partial charge in [0.05, 0.1) is 31.0 Å². The van der Waals surface area contributed by atoms with Crippen LogP contribution in [-0.2, 0) is 18.0 Å². The van der Waals surface area contributed by atoms with Gasteiger partial charge in [0.1, 0.15) is 11.5 Å². The Morgan fingerprint density at radius 1 is 1.12 bits per heavy atom. The molecule has 140 valence electrons. The molecule has 2 aromatic rings. The van der Waals surface area contributed by atoms with Gasteiger partial charge in [0, 0.05) is 11.1 Å². The van der Waals surface area contributed by atoms with Crippen LogP contribution in [0.15, 0.2) is 24.3 Å². The number of methoxy groups -OCH3 is 1. The largest absolute Gasteiger partial charge is 0.497 e. The van der Waals surface area contributed by atoms with Crippen molar-refractivity contribution >= 4 is 23.2 Å². The topological polar surface area (TPSA) is 88.0 Å². The third kappa shape index (κ3) is 4.66. The highest BCUT2D eigenvalue weighted by Gasteiger charge is 2.15. The number of aryl methyl sites for hydroxylation is 2. The summed E-state index contributed by atoms with van der Waals surface area (Å²) in [6.45, 7) is 2.85. The Morgan fingerprint density at radius 3 is 2.23 bits per heavy atom. The summed E-state index contributed by atoms with van der Waals surface area (Å²) in [4.78, 5) is 12.3. The molecule has 0 aliphatic heterocycles. The Bertz CT molecular complexity index is 759. The average Bonchev–Trinajstić information content (AvgIpc) is 2.62. The molecule has 26 heavy (non-hydrogen) atoms. The Kier molecular flexibility index (Phi) is 6.85. The molecule has 0 unspecified atom stereocenters. The van der Waals surface area contributed by atoms with Gasteiger partial charge < -0.3 is 25.0 Å². The van der Waals surface area contributed by atoms with E-state index in [1.54, 1.807) is 18.2 Å². The van der Waals surface area contributed by atoms with Gasteiger partial charge in [-0.2, -0.15) is 0 Å². The van der Waals surface area contributed by atoms with Crippen molar-refractivity contribution < 1.29 is 24.5 Å². The SMILES string of the molecule is COc1cc(CO)c(OCC(=O)Nc2c(C)cc(C)cc2Cl)c(CO)c1. The van der Waals surface area contributed by atoms with Crippen LogP contribution in [0.2, 0.25) is 5.02 Å². The number of carbonyl (C=O) groups excluding carboxylic acids is 1. The second-order valence-corrected chi connectivity index (χ2v) is 6.27. The van der Waals surface area contributed by atoms with Crippen LogP contribution in [0.3, 0.4) is 0 Å². The molecule has 0 spiro atoms. The van der Waals surface area contributed by atoms with E-state index in [1.807, 2.05) is 19.9 Å². The highest BCUT2D eigenvalue weighted by atomic mass is 35.5. The van der Waals surface area contributed by atoms with Crippen LogP contribution < -0.4 is 14.8 Å². The lowest BCUT2D eigenvalue weighted by Gasteiger charge is -2.16. The molecule has 0 fully saturated rings. The summed E-state index contributed by atoms with van der Waals surface area (Å²) in [7, 11) is 1.49. The molecule has 0 aliphatic rings. The van der Waals surface area contributed by atoms with Crippen molar-refractivity contribution in [2.24, 2.45) is 0 Å². The molecule has 2 rings (SSSR count). The number of benzene rings is 2. The van der Waals surface area contributed by atoms with Crippen molar-refractivity contribution in [1.29, 1.82) is 0 Å². The number of rotatable bonds is 7. The van der Waals surface area contributed by atoms with Crippen molar-refractivity contribution in [3.8, 4) is 11.5 Å². The molecule has 0 aliphatic carbocycles. The maximum absolute atomic E-state index is 12.3. The third-order valence-electron chi connectivity index (χ3n) is 3.84. The summed E-state index contributed by atoms with van der Waals surface area (Å²) in [6, 6.07) is 6.86. The predicted molar refractivity (Wildman–Crippen MR) is 99.9 cm³/mol. The first-order valence-corrected chi connectivity index (χ1v) is 8.38. The molecular weight excluding hydrogens is 358 g/mol. The average molecular weight is 380 g/mol. The summed E-state index contributed by atoms with van der Waals surface area (Å²) >= 11 is 6.19. The first-order chi connectivity index (χ1) is 12.4. The number of halogens is 1. The van der Waals surface area contributed by atoms with Crippen LogP contribution in [0.1, 0.15) is 22.3 Å². The number of amides is 1. The second-order valence-electron chi connectivity index (χ2n) is 5.87. The third-order valence-corrected chi connectivity index (χ3v) is 4.13. The Balaban J connectivity index is 2.15. The molecule has 0 heterocycles. The molecule has 0 radical (unpaired) electrons. The number of carbonyl (C=O) groups is 1. The zero-order valence-corrected chi connectivity index (χ0v) is 15.7. The lowest BCUT2D eigenvalue weighted by atomic mass is 10.1. The predicted octanol–water partition coefficient (Wildman–Crippen LogP) is 2.97. The van der Waals surface area contributed by atoms with Crippen LogP contribution >= 0.6 is 11.6 Å². The Hall–Kier alpha value is -2.28. The number of hydrogen-bond donors (Lipinski definition) is 3. The molecule has 7 heteroatoms. The number of nitrogens with one attached hydrogen (secondary N) is 1. The summed E-state index contributed by atoms with van der Waals surface area (Å²) in [6.07, 6.45) is 0. The van der Waals surface area contributed by atoms with Gasteiger partial charge in [0.25, 0.3) is 5.91 Å². The smallest absolute Gasteiger partial charge is 0.262 e. The first-order valence-electron chi connectivity index (χ1n) is 8.00. The molecule has 0 atom stereocenters. The van der Waals surface area contributed by atoms with Gasteiger partial charge in [-0.3, -0.25) is 4.79 Å². The van der Waals surface area contributed by atoms with Crippen molar-refractivity contribution in [1.82, 2.24) is 0 Å². The van der Waals surface area contributed by atoms with Crippen LogP contribution in [0.4, 0.5) is 5.69 Å². The van der Waals surface area contributed by atoms with Crippen molar-refractivity contribution in [2.45, 2.75) is 27.1 Å². The van der Waals surface area contributed by atoms with E-state index in [9.17, 15) is 15.0 Å². The quantitative estimate of drug-likeness (QED) is 0.688. The van der Waals surface area contributed by atoms with E-state index in [-0.39, 0.29) is 25.6 Å². The van der Waals surface area contributed by atoms with E-state index in [0.717, 1.165) is 11.1 Å². The van der Waals surface area contributed by atoms with E-state index >= 15 is 0 Å². The van der Waals surface area contributed by atoms with Gasteiger partial charge in [0.2, 0.25) is 0 Å². The van der Waals surface area contributed by atoms with Crippen LogP contribution in [0, 0.1) is 13.8 Å². The molecule has 6 nitrogen and oxygen atoms in total. The minimum atomic E-state index is -0.401.